The molecule has 0 N–H and O–H groups in total. The normalized spacial score (nSPS) is 20.6. The van der Waals surface area contributed by atoms with Crippen LogP contribution in [0.25, 0.3) is 11.3 Å². The molecule has 2 radical (unpaired) electrons. The zero-order valence-corrected chi connectivity index (χ0v) is 14.5. The quantitative estimate of drug-likeness (QED) is 0.719. The van der Waals surface area contributed by atoms with Gasteiger partial charge in [-0.1, -0.05) is 65.2 Å². The van der Waals surface area contributed by atoms with Crippen LogP contribution in [0.2, 0.25) is 0 Å². The molecule has 0 saturated heterocycles. The molecule has 0 saturated carbocycles. The van der Waals surface area contributed by atoms with Gasteiger partial charge in [-0.15, -0.1) is 0 Å². The summed E-state index contributed by atoms with van der Waals surface area (Å²) in [6, 6.07) is 10.7. The van der Waals surface area contributed by atoms with Crippen LogP contribution >= 0.6 is 0 Å². The molecule has 2 heteroatoms. The lowest BCUT2D eigenvalue weighted by Gasteiger charge is -2.44. The smallest absolute Gasteiger partial charge is 0.115 e. The van der Waals surface area contributed by atoms with Gasteiger partial charge in [-0.2, -0.15) is 0 Å². The summed E-state index contributed by atoms with van der Waals surface area (Å²) in [7, 11) is 5.75. The van der Waals surface area contributed by atoms with Crippen LogP contribution in [0.1, 0.15) is 52.7 Å². The molecule has 0 spiro atoms. The van der Waals surface area contributed by atoms with Crippen LogP contribution in [-0.2, 0) is 10.8 Å². The molecule has 1 heterocycles. The Morgan fingerprint density at radius 1 is 0.818 bits per heavy atom. The molecule has 112 valence electrons. The predicted molar refractivity (Wildman–Crippen MR) is 94.9 cm³/mol. The molecule has 1 aliphatic rings. The van der Waals surface area contributed by atoms with Crippen molar-refractivity contribution in [2.45, 2.75) is 52.4 Å². The summed E-state index contributed by atoms with van der Waals surface area (Å²) in [6.07, 6.45) is 1.72. The highest BCUT2D eigenvalue weighted by molar-refractivity contribution is 6.32. The van der Waals surface area contributed by atoms with E-state index in [1.54, 1.807) is 6.20 Å². The summed E-state index contributed by atoms with van der Waals surface area (Å²) < 4.78 is 0. The third-order valence-corrected chi connectivity index (χ3v) is 6.57. The van der Waals surface area contributed by atoms with Crippen LogP contribution < -0.4 is 5.46 Å². The first-order valence-electron chi connectivity index (χ1n) is 7.96. The van der Waals surface area contributed by atoms with Gasteiger partial charge in [-0.25, -0.2) is 0 Å². The van der Waals surface area contributed by atoms with E-state index in [2.05, 4.69) is 64.7 Å². The fraction of sp³-hybridized carbons (Fsp3) is 0.450. The van der Waals surface area contributed by atoms with Gasteiger partial charge in [-0.3, -0.25) is 4.98 Å². The van der Waals surface area contributed by atoms with Gasteiger partial charge in [0.2, 0.25) is 0 Å². The maximum absolute atomic E-state index is 5.75. The van der Waals surface area contributed by atoms with Crippen molar-refractivity contribution in [3.8, 4) is 11.3 Å². The van der Waals surface area contributed by atoms with Gasteiger partial charge < -0.3 is 0 Å². The summed E-state index contributed by atoms with van der Waals surface area (Å²) >= 11 is 0. The predicted octanol–water partition coefficient (Wildman–Crippen LogP) is 4.14. The van der Waals surface area contributed by atoms with Gasteiger partial charge in [-0.05, 0) is 39.5 Å². The van der Waals surface area contributed by atoms with E-state index < -0.39 is 0 Å². The van der Waals surface area contributed by atoms with Crippen LogP contribution in [0.4, 0.5) is 0 Å². The summed E-state index contributed by atoms with van der Waals surface area (Å²) in [6.45, 7) is 14.2. The van der Waals surface area contributed by atoms with Crippen molar-refractivity contribution < 1.29 is 0 Å². The van der Waals surface area contributed by atoms with Crippen molar-refractivity contribution in [1.82, 2.24) is 4.98 Å². The van der Waals surface area contributed by atoms with E-state index in [9.17, 15) is 0 Å². The first-order valence-corrected chi connectivity index (χ1v) is 7.96. The van der Waals surface area contributed by atoms with Gasteiger partial charge in [0.25, 0.3) is 0 Å². The van der Waals surface area contributed by atoms with Crippen LogP contribution in [0.15, 0.2) is 36.5 Å². The standard InChI is InChI=1S/C20H24BN/c1-18(2)15-9-7-13(17-10-8-14(21)12-22-17)11-16(15)19(3,4)20(18,5)6/h7-12H,1-6H3. The molecule has 0 unspecified atom stereocenters. The van der Waals surface area contributed by atoms with Crippen molar-refractivity contribution in [2.24, 2.45) is 5.41 Å². The number of nitrogens with zero attached hydrogens (tertiary/aromatic N) is 1. The number of fused-ring (bicyclic) bond motifs is 1. The minimum absolute atomic E-state index is 0.121. The lowest BCUT2D eigenvalue weighted by Crippen LogP contribution is -2.42. The third-order valence-electron chi connectivity index (χ3n) is 6.57. The second-order valence-electron chi connectivity index (χ2n) is 8.11. The lowest BCUT2D eigenvalue weighted by atomic mass is 9.59. The minimum Gasteiger partial charge on any atom is -0.257 e. The minimum atomic E-state index is 0.121. The lowest BCUT2D eigenvalue weighted by molar-refractivity contribution is 0.125. The molecule has 0 bridgehead atoms. The molecule has 0 atom stereocenters. The molecule has 0 fully saturated rings. The average molecular weight is 289 g/mol. The number of hydrogen-bond acceptors (Lipinski definition) is 1. The van der Waals surface area contributed by atoms with E-state index in [1.807, 2.05) is 12.1 Å². The largest absolute Gasteiger partial charge is 0.257 e. The molecule has 0 aliphatic heterocycles. The Balaban J connectivity index is 2.19. The first kappa shape index (κ1) is 15.3. The number of pyridine rings is 1. The molecule has 22 heavy (non-hydrogen) atoms. The Morgan fingerprint density at radius 3 is 2.05 bits per heavy atom. The van der Waals surface area contributed by atoms with Crippen LogP contribution in [-0.4, -0.2) is 12.8 Å². The number of aromatic nitrogens is 1. The monoisotopic (exact) mass is 289 g/mol. The Morgan fingerprint density at radius 2 is 1.45 bits per heavy atom. The highest BCUT2D eigenvalue weighted by atomic mass is 14.7. The summed E-state index contributed by atoms with van der Waals surface area (Å²) in [5.74, 6) is 0. The second-order valence-corrected chi connectivity index (χ2v) is 8.11. The summed E-state index contributed by atoms with van der Waals surface area (Å²) in [4.78, 5) is 4.47. The fourth-order valence-corrected chi connectivity index (χ4v) is 3.80. The van der Waals surface area contributed by atoms with Crippen LogP contribution in [0.3, 0.4) is 0 Å². The number of hydrogen-bond donors (Lipinski definition) is 0. The maximum Gasteiger partial charge on any atom is 0.115 e. The summed E-state index contributed by atoms with van der Waals surface area (Å²) in [5.41, 5.74) is 6.22. The van der Waals surface area contributed by atoms with E-state index in [0.717, 1.165) is 5.69 Å². The van der Waals surface area contributed by atoms with Gasteiger partial charge in [0.1, 0.15) is 7.85 Å². The van der Waals surface area contributed by atoms with Crippen LogP contribution in [0.5, 0.6) is 0 Å². The zero-order chi connectivity index (χ0) is 16.3. The molecule has 1 aromatic heterocycles. The topological polar surface area (TPSA) is 12.9 Å². The van der Waals surface area contributed by atoms with E-state index in [1.165, 1.54) is 16.7 Å². The highest BCUT2D eigenvalue weighted by Crippen LogP contribution is 2.61. The maximum atomic E-state index is 5.75. The molecule has 2 aromatic rings. The molecule has 1 aliphatic carbocycles. The average Bonchev–Trinajstić information content (AvgIpc) is 2.56. The van der Waals surface area contributed by atoms with Gasteiger partial charge in [0.05, 0.1) is 5.69 Å². The van der Waals surface area contributed by atoms with Crippen molar-refractivity contribution in [1.29, 1.82) is 0 Å². The van der Waals surface area contributed by atoms with Gasteiger partial charge >= 0.3 is 0 Å². The van der Waals surface area contributed by atoms with Crippen LogP contribution in [0, 0.1) is 5.41 Å². The van der Waals surface area contributed by atoms with Gasteiger partial charge in [0.15, 0.2) is 0 Å². The number of rotatable bonds is 1. The van der Waals surface area contributed by atoms with E-state index in [4.69, 9.17) is 7.85 Å². The Bertz CT molecular complexity index is 724. The molecular weight excluding hydrogens is 265 g/mol. The Labute approximate surface area is 135 Å². The SMILES string of the molecule is [B]c1ccc(-c2ccc3c(c2)C(C)(C)C(C)(C)C3(C)C)nc1. The van der Waals surface area contributed by atoms with Crippen molar-refractivity contribution >= 4 is 13.3 Å². The molecule has 1 nitrogen and oxygen atoms in total. The van der Waals surface area contributed by atoms with E-state index in [0.29, 0.717) is 5.46 Å². The molecule has 3 rings (SSSR count). The molecule has 0 amide bonds. The first-order chi connectivity index (χ1) is 10.1. The zero-order valence-electron chi connectivity index (χ0n) is 14.5. The fourth-order valence-electron chi connectivity index (χ4n) is 3.80. The van der Waals surface area contributed by atoms with Gasteiger partial charge in [0, 0.05) is 11.8 Å². The van der Waals surface area contributed by atoms with E-state index in [-0.39, 0.29) is 16.2 Å². The summed E-state index contributed by atoms with van der Waals surface area (Å²) in [5, 5.41) is 0. The molecule has 1 aromatic carbocycles. The van der Waals surface area contributed by atoms with Crippen molar-refractivity contribution in [2.75, 3.05) is 0 Å². The number of benzene rings is 1. The second kappa shape index (κ2) is 4.47. The Kier molecular flexibility index (Phi) is 3.12. The third kappa shape index (κ3) is 1.82. The Hall–Kier alpha value is -1.57. The van der Waals surface area contributed by atoms with Crippen molar-refractivity contribution in [3.63, 3.8) is 0 Å². The van der Waals surface area contributed by atoms with E-state index >= 15 is 0 Å². The molecular formula is C20H24BN. The highest BCUT2D eigenvalue weighted by Gasteiger charge is 2.56. The van der Waals surface area contributed by atoms with Crippen molar-refractivity contribution in [3.05, 3.63) is 47.7 Å².